The fourth-order valence-corrected chi connectivity index (χ4v) is 2.41. The second-order valence-electron chi connectivity index (χ2n) is 4.79. The van der Waals surface area contributed by atoms with E-state index in [0.717, 1.165) is 5.56 Å². The van der Waals surface area contributed by atoms with Gasteiger partial charge in [0.25, 0.3) is 0 Å². The monoisotopic (exact) mass is 311 g/mol. The van der Waals surface area contributed by atoms with Crippen LogP contribution in [0.2, 0.25) is 0 Å². The Morgan fingerprint density at radius 2 is 1.95 bits per heavy atom. The maximum absolute atomic E-state index is 11.6. The van der Waals surface area contributed by atoms with E-state index >= 15 is 0 Å². The molecule has 7 heteroatoms. The number of hydrogen-bond donors (Lipinski definition) is 1. The van der Waals surface area contributed by atoms with Crippen molar-refractivity contribution < 1.29 is 13.2 Å². The summed E-state index contributed by atoms with van der Waals surface area (Å²) in [6.45, 7) is 2.37. The zero-order valence-corrected chi connectivity index (χ0v) is 13.4. The molecule has 1 aromatic carbocycles. The highest BCUT2D eigenvalue weighted by atomic mass is 32.2. The van der Waals surface area contributed by atoms with Crippen molar-refractivity contribution in [1.29, 1.82) is 5.26 Å². The molecule has 0 heterocycles. The Hall–Kier alpha value is -1.62. The molecule has 0 aliphatic rings. The van der Waals surface area contributed by atoms with Gasteiger partial charge in [-0.1, -0.05) is 12.1 Å². The molecule has 116 valence electrons. The first kappa shape index (κ1) is 17.4. The quantitative estimate of drug-likeness (QED) is 0.778. The summed E-state index contributed by atoms with van der Waals surface area (Å²) in [6.07, 6.45) is 0. The minimum atomic E-state index is -3.17. The largest absolute Gasteiger partial charge is 0.479 e. The van der Waals surface area contributed by atoms with E-state index in [1.807, 2.05) is 25.1 Å². The van der Waals surface area contributed by atoms with Gasteiger partial charge in [-0.25, -0.2) is 12.7 Å². The number of nitriles is 1. The molecule has 6 nitrogen and oxygen atoms in total. The van der Waals surface area contributed by atoms with Gasteiger partial charge in [0, 0.05) is 26.7 Å². The number of nitrogens with zero attached hydrogens (tertiary/aromatic N) is 2. The number of sulfonamides is 1. The van der Waals surface area contributed by atoms with Crippen LogP contribution in [-0.4, -0.2) is 45.7 Å². The molecule has 0 saturated carbocycles. The molecule has 1 aromatic rings. The van der Waals surface area contributed by atoms with Crippen LogP contribution in [0.4, 0.5) is 0 Å². The highest BCUT2D eigenvalue weighted by molar-refractivity contribution is 7.89. The predicted molar refractivity (Wildman–Crippen MR) is 81.4 cm³/mol. The Kier molecular flexibility index (Phi) is 6.62. The van der Waals surface area contributed by atoms with Crippen molar-refractivity contribution in [2.45, 2.75) is 13.0 Å². The molecular formula is C14H21N3O3S. The smallest absolute Gasteiger partial charge is 0.214 e. The standard InChI is InChI=1S/C14H21N3O3S/c1-12(16-9-11-21(18,19)17(2)3)13-4-6-14(7-5-13)20-10-8-15/h4-7,12,16H,9-11H2,1-3H3. The van der Waals surface area contributed by atoms with Crippen molar-refractivity contribution >= 4 is 10.0 Å². The third-order valence-corrected chi connectivity index (χ3v) is 4.88. The fraction of sp³-hybridized carbons (Fsp3) is 0.500. The van der Waals surface area contributed by atoms with Gasteiger partial charge in [0.15, 0.2) is 6.61 Å². The third kappa shape index (κ3) is 5.71. The molecule has 0 aliphatic carbocycles. The first-order valence-electron chi connectivity index (χ1n) is 6.60. The molecule has 0 aromatic heterocycles. The summed E-state index contributed by atoms with van der Waals surface area (Å²) in [5.41, 5.74) is 1.03. The summed E-state index contributed by atoms with van der Waals surface area (Å²) in [5, 5.41) is 11.6. The summed E-state index contributed by atoms with van der Waals surface area (Å²) in [5.74, 6) is 0.705. The van der Waals surface area contributed by atoms with Crippen molar-refractivity contribution in [2.24, 2.45) is 0 Å². The van der Waals surface area contributed by atoms with Crippen molar-refractivity contribution in [3.63, 3.8) is 0 Å². The molecule has 1 atom stereocenters. The van der Waals surface area contributed by atoms with Crippen molar-refractivity contribution in [3.8, 4) is 11.8 Å². The molecular weight excluding hydrogens is 290 g/mol. The summed E-state index contributed by atoms with van der Waals surface area (Å²) in [4.78, 5) is 0. The van der Waals surface area contributed by atoms with E-state index in [1.54, 1.807) is 12.1 Å². The number of benzene rings is 1. The maximum Gasteiger partial charge on any atom is 0.214 e. The average molecular weight is 311 g/mol. The average Bonchev–Trinajstić information content (AvgIpc) is 2.45. The zero-order valence-electron chi connectivity index (χ0n) is 12.5. The lowest BCUT2D eigenvalue weighted by molar-refractivity contribution is 0.368. The third-order valence-electron chi connectivity index (χ3n) is 3.05. The molecule has 0 saturated heterocycles. The van der Waals surface area contributed by atoms with Crippen molar-refractivity contribution in [3.05, 3.63) is 29.8 Å². The van der Waals surface area contributed by atoms with E-state index in [4.69, 9.17) is 10.00 Å². The van der Waals surface area contributed by atoms with Crippen LogP contribution in [0.15, 0.2) is 24.3 Å². The van der Waals surface area contributed by atoms with E-state index in [2.05, 4.69) is 5.32 Å². The number of hydrogen-bond acceptors (Lipinski definition) is 5. The van der Waals surface area contributed by atoms with Crippen LogP contribution in [0.25, 0.3) is 0 Å². The lowest BCUT2D eigenvalue weighted by atomic mass is 10.1. The number of nitrogens with one attached hydrogen (secondary N) is 1. The van der Waals surface area contributed by atoms with Gasteiger partial charge in [-0.15, -0.1) is 0 Å². The molecule has 1 rings (SSSR count). The molecule has 0 bridgehead atoms. The lowest BCUT2D eigenvalue weighted by Gasteiger charge is -2.16. The van der Waals surface area contributed by atoms with Crippen LogP contribution in [0.5, 0.6) is 5.75 Å². The van der Waals surface area contributed by atoms with E-state index in [-0.39, 0.29) is 18.4 Å². The van der Waals surface area contributed by atoms with Gasteiger partial charge >= 0.3 is 0 Å². The molecule has 0 spiro atoms. The van der Waals surface area contributed by atoms with Crippen LogP contribution >= 0.6 is 0 Å². The van der Waals surface area contributed by atoms with Crippen molar-refractivity contribution in [1.82, 2.24) is 9.62 Å². The first-order chi connectivity index (χ1) is 9.86. The number of ether oxygens (including phenoxy) is 1. The van der Waals surface area contributed by atoms with Crippen LogP contribution in [0, 0.1) is 11.3 Å². The van der Waals surface area contributed by atoms with Crippen LogP contribution < -0.4 is 10.1 Å². The summed E-state index contributed by atoms with van der Waals surface area (Å²) < 4.78 is 29.7. The van der Waals surface area contributed by atoms with Gasteiger partial charge in [0.05, 0.1) is 5.75 Å². The SMILES string of the molecule is CC(NCCS(=O)(=O)N(C)C)c1ccc(OCC#N)cc1. The molecule has 1 N–H and O–H groups in total. The molecule has 1 unspecified atom stereocenters. The highest BCUT2D eigenvalue weighted by Crippen LogP contribution is 2.17. The van der Waals surface area contributed by atoms with E-state index < -0.39 is 10.0 Å². The predicted octanol–water partition coefficient (Wildman–Crippen LogP) is 1.13. The van der Waals surface area contributed by atoms with Crippen LogP contribution in [0.3, 0.4) is 0 Å². The van der Waals surface area contributed by atoms with E-state index in [0.29, 0.717) is 12.3 Å². The second kappa shape index (κ2) is 7.98. The molecule has 21 heavy (non-hydrogen) atoms. The second-order valence-corrected chi connectivity index (χ2v) is 7.09. The normalized spacial score (nSPS) is 12.9. The lowest BCUT2D eigenvalue weighted by Crippen LogP contribution is -2.32. The Bertz CT molecular complexity index is 576. The summed E-state index contributed by atoms with van der Waals surface area (Å²) >= 11 is 0. The van der Waals surface area contributed by atoms with Gasteiger partial charge in [-0.3, -0.25) is 0 Å². The molecule has 0 radical (unpaired) electrons. The van der Waals surface area contributed by atoms with Crippen LogP contribution in [0.1, 0.15) is 18.5 Å². The fourth-order valence-electron chi connectivity index (χ4n) is 1.67. The summed E-state index contributed by atoms with van der Waals surface area (Å²) in [7, 11) is -0.120. The highest BCUT2D eigenvalue weighted by Gasteiger charge is 2.13. The van der Waals surface area contributed by atoms with Gasteiger partial charge < -0.3 is 10.1 Å². The molecule has 0 aliphatic heterocycles. The van der Waals surface area contributed by atoms with E-state index in [1.165, 1.54) is 18.4 Å². The number of rotatable bonds is 8. The minimum Gasteiger partial charge on any atom is -0.479 e. The van der Waals surface area contributed by atoms with Gasteiger partial charge in [-0.2, -0.15) is 5.26 Å². The van der Waals surface area contributed by atoms with E-state index in [9.17, 15) is 8.42 Å². The molecule has 0 fully saturated rings. The first-order valence-corrected chi connectivity index (χ1v) is 8.21. The topological polar surface area (TPSA) is 82.4 Å². The Morgan fingerprint density at radius 1 is 1.33 bits per heavy atom. The molecule has 0 amide bonds. The Labute approximate surface area is 126 Å². The minimum absolute atomic E-state index is 0.0234. The Morgan fingerprint density at radius 3 is 2.48 bits per heavy atom. The Balaban J connectivity index is 2.49. The van der Waals surface area contributed by atoms with Gasteiger partial charge in [-0.05, 0) is 24.6 Å². The van der Waals surface area contributed by atoms with Crippen molar-refractivity contribution in [2.75, 3.05) is 33.0 Å². The van der Waals surface area contributed by atoms with Gasteiger partial charge in [0.1, 0.15) is 11.8 Å². The zero-order chi connectivity index (χ0) is 15.9. The summed E-state index contributed by atoms with van der Waals surface area (Å²) in [6, 6.07) is 9.32. The van der Waals surface area contributed by atoms with Crippen LogP contribution in [-0.2, 0) is 10.0 Å². The maximum atomic E-state index is 11.6. The van der Waals surface area contributed by atoms with Gasteiger partial charge in [0.2, 0.25) is 10.0 Å².